The van der Waals surface area contributed by atoms with E-state index in [1.165, 1.54) is 30.4 Å². The van der Waals surface area contributed by atoms with E-state index in [1.807, 2.05) is 0 Å². The molecule has 0 spiro atoms. The number of hydrogen-bond donors (Lipinski definition) is 0. The lowest BCUT2D eigenvalue weighted by atomic mass is 9.75. The van der Waals surface area contributed by atoms with E-state index in [-0.39, 0.29) is 0 Å². The molecule has 1 aromatic rings. The highest BCUT2D eigenvalue weighted by Crippen LogP contribution is 2.54. The van der Waals surface area contributed by atoms with Crippen LogP contribution < -0.4 is 4.90 Å². The minimum atomic E-state index is 0.637. The summed E-state index contributed by atoms with van der Waals surface area (Å²) in [6.07, 6.45) is 12.2. The van der Waals surface area contributed by atoms with Gasteiger partial charge in [0.2, 0.25) is 0 Å². The second kappa shape index (κ2) is 4.00. The smallest absolute Gasteiger partial charge is 0.0455 e. The predicted molar refractivity (Wildman–Crippen MR) is 86.3 cm³/mol. The van der Waals surface area contributed by atoms with Crippen LogP contribution in [0.4, 0.5) is 5.69 Å². The van der Waals surface area contributed by atoms with Crippen molar-refractivity contribution in [2.75, 3.05) is 18.0 Å². The average Bonchev–Trinajstić information content (AvgIpc) is 3.08. The molecular formula is C18H18BrN. The SMILES string of the molecule is Brc1ccc2c3c1[C@@H]1C=CC[C@@H]1CN3C[C@H]1CC=C[C@@H]21. The van der Waals surface area contributed by atoms with Gasteiger partial charge in [-0.2, -0.15) is 0 Å². The Hall–Kier alpha value is -1.02. The summed E-state index contributed by atoms with van der Waals surface area (Å²) in [5.74, 6) is 2.90. The first-order chi connectivity index (χ1) is 9.83. The molecule has 102 valence electrons. The molecule has 4 aliphatic rings. The summed E-state index contributed by atoms with van der Waals surface area (Å²) >= 11 is 3.83. The molecule has 4 atom stereocenters. The number of hydrogen-bond acceptors (Lipinski definition) is 1. The highest BCUT2D eigenvalue weighted by molar-refractivity contribution is 9.10. The van der Waals surface area contributed by atoms with Gasteiger partial charge in [0.25, 0.3) is 0 Å². The molecule has 0 saturated carbocycles. The van der Waals surface area contributed by atoms with Crippen LogP contribution in [-0.4, -0.2) is 13.1 Å². The maximum atomic E-state index is 3.83. The molecule has 1 nitrogen and oxygen atoms in total. The second-order valence-electron chi connectivity index (χ2n) is 6.70. The summed E-state index contributed by atoms with van der Waals surface area (Å²) in [5.41, 5.74) is 4.69. The fourth-order valence-corrected chi connectivity index (χ4v) is 5.42. The molecular weight excluding hydrogens is 310 g/mol. The van der Waals surface area contributed by atoms with Crippen molar-refractivity contribution >= 4 is 21.6 Å². The van der Waals surface area contributed by atoms with E-state index in [2.05, 4.69) is 57.3 Å². The van der Waals surface area contributed by atoms with Crippen molar-refractivity contribution in [2.24, 2.45) is 11.8 Å². The Bertz CT molecular complexity index is 643. The fraction of sp³-hybridized carbons (Fsp3) is 0.444. The number of fused-ring (bicyclic) bond motifs is 4. The van der Waals surface area contributed by atoms with Crippen LogP contribution in [0.1, 0.15) is 35.8 Å². The van der Waals surface area contributed by atoms with E-state index < -0.39 is 0 Å². The summed E-state index contributed by atoms with van der Waals surface area (Å²) in [5, 5.41) is 0. The summed E-state index contributed by atoms with van der Waals surface area (Å²) in [7, 11) is 0. The fourth-order valence-electron chi connectivity index (χ4n) is 4.84. The van der Waals surface area contributed by atoms with Crippen molar-refractivity contribution in [3.05, 3.63) is 52.0 Å². The van der Waals surface area contributed by atoms with Crippen molar-refractivity contribution in [3.63, 3.8) is 0 Å². The van der Waals surface area contributed by atoms with Crippen LogP contribution in [-0.2, 0) is 0 Å². The molecule has 2 aliphatic carbocycles. The molecule has 20 heavy (non-hydrogen) atoms. The Balaban J connectivity index is 1.77. The number of halogens is 1. The van der Waals surface area contributed by atoms with Crippen LogP contribution in [0.15, 0.2) is 40.9 Å². The Labute approximate surface area is 128 Å². The van der Waals surface area contributed by atoms with Gasteiger partial charge in [-0.3, -0.25) is 0 Å². The molecule has 0 radical (unpaired) electrons. The average molecular weight is 328 g/mol. The van der Waals surface area contributed by atoms with Crippen LogP contribution in [0, 0.1) is 11.8 Å². The lowest BCUT2D eigenvalue weighted by molar-refractivity contribution is 0.410. The summed E-state index contributed by atoms with van der Waals surface area (Å²) < 4.78 is 1.31. The Kier molecular flexibility index (Phi) is 2.33. The maximum absolute atomic E-state index is 3.83. The van der Waals surface area contributed by atoms with Gasteiger partial charge in [-0.05, 0) is 41.9 Å². The Morgan fingerprint density at radius 1 is 0.950 bits per heavy atom. The first kappa shape index (κ1) is 11.6. The Morgan fingerprint density at radius 3 is 2.45 bits per heavy atom. The number of allylic oxidation sites excluding steroid dienone is 4. The molecule has 0 amide bonds. The maximum Gasteiger partial charge on any atom is 0.0455 e. The minimum absolute atomic E-state index is 0.637. The van der Waals surface area contributed by atoms with E-state index in [0.717, 1.165) is 11.8 Å². The zero-order valence-electron chi connectivity index (χ0n) is 11.4. The monoisotopic (exact) mass is 327 g/mol. The topological polar surface area (TPSA) is 3.24 Å². The van der Waals surface area contributed by atoms with Gasteiger partial charge < -0.3 is 4.90 Å². The Morgan fingerprint density at radius 2 is 1.65 bits per heavy atom. The number of benzene rings is 1. The lowest BCUT2D eigenvalue weighted by Gasteiger charge is -2.46. The molecule has 0 fully saturated rings. The van der Waals surface area contributed by atoms with Gasteiger partial charge >= 0.3 is 0 Å². The van der Waals surface area contributed by atoms with E-state index in [9.17, 15) is 0 Å². The molecule has 0 N–H and O–H groups in total. The number of nitrogens with zero attached hydrogens (tertiary/aromatic N) is 1. The quantitative estimate of drug-likeness (QED) is 0.629. The zero-order valence-corrected chi connectivity index (χ0v) is 13.0. The van der Waals surface area contributed by atoms with Crippen LogP contribution in [0.2, 0.25) is 0 Å². The molecule has 0 aromatic heterocycles. The molecule has 2 heterocycles. The van der Waals surface area contributed by atoms with Gasteiger partial charge in [0.1, 0.15) is 0 Å². The van der Waals surface area contributed by atoms with Crippen molar-refractivity contribution in [3.8, 4) is 0 Å². The molecule has 5 rings (SSSR count). The van der Waals surface area contributed by atoms with Gasteiger partial charge in [0.05, 0.1) is 0 Å². The molecule has 1 aromatic carbocycles. The van der Waals surface area contributed by atoms with Crippen LogP contribution in [0.3, 0.4) is 0 Å². The van der Waals surface area contributed by atoms with Crippen molar-refractivity contribution in [1.82, 2.24) is 0 Å². The first-order valence-electron chi connectivity index (χ1n) is 7.73. The third-order valence-corrected chi connectivity index (χ3v) is 6.39. The zero-order chi connectivity index (χ0) is 13.3. The largest absolute Gasteiger partial charge is 0.370 e. The molecule has 0 saturated heterocycles. The summed E-state index contributed by atoms with van der Waals surface area (Å²) in [4.78, 5) is 2.69. The number of anilines is 1. The summed E-state index contributed by atoms with van der Waals surface area (Å²) in [6.45, 7) is 2.49. The molecule has 0 unspecified atom stereocenters. The third-order valence-electron chi connectivity index (χ3n) is 5.69. The first-order valence-corrected chi connectivity index (χ1v) is 8.53. The summed E-state index contributed by atoms with van der Waals surface area (Å²) in [6, 6.07) is 4.65. The number of rotatable bonds is 0. The van der Waals surface area contributed by atoms with E-state index in [1.54, 1.807) is 16.8 Å². The van der Waals surface area contributed by atoms with Crippen LogP contribution in [0.25, 0.3) is 0 Å². The van der Waals surface area contributed by atoms with E-state index in [0.29, 0.717) is 11.8 Å². The van der Waals surface area contributed by atoms with E-state index >= 15 is 0 Å². The van der Waals surface area contributed by atoms with Crippen molar-refractivity contribution < 1.29 is 0 Å². The highest BCUT2D eigenvalue weighted by atomic mass is 79.9. The van der Waals surface area contributed by atoms with Crippen molar-refractivity contribution in [1.29, 1.82) is 0 Å². The van der Waals surface area contributed by atoms with E-state index in [4.69, 9.17) is 0 Å². The standard InChI is InChI=1S/C18H18BrN/c19-16-8-7-15-13-5-1-3-11(13)9-20-10-12-4-2-6-14(12)17(16)18(15)20/h1-2,5-8,11-14H,3-4,9-10H2/t11-,12-,13-,14-/m1/s1. The van der Waals surface area contributed by atoms with Crippen LogP contribution >= 0.6 is 15.9 Å². The molecule has 0 bridgehead atoms. The van der Waals surface area contributed by atoms with Gasteiger partial charge in [0, 0.05) is 35.1 Å². The van der Waals surface area contributed by atoms with Crippen LogP contribution in [0.5, 0.6) is 0 Å². The lowest BCUT2D eigenvalue weighted by Crippen LogP contribution is -2.43. The van der Waals surface area contributed by atoms with Gasteiger partial charge in [-0.25, -0.2) is 0 Å². The van der Waals surface area contributed by atoms with Gasteiger partial charge in [0.15, 0.2) is 0 Å². The highest BCUT2D eigenvalue weighted by Gasteiger charge is 2.42. The molecule has 2 heteroatoms. The normalized spacial score (nSPS) is 36.0. The molecule has 2 aliphatic heterocycles. The van der Waals surface area contributed by atoms with Crippen molar-refractivity contribution in [2.45, 2.75) is 24.7 Å². The van der Waals surface area contributed by atoms with Gasteiger partial charge in [-0.15, -0.1) is 0 Å². The second-order valence-corrected chi connectivity index (χ2v) is 7.56. The van der Waals surface area contributed by atoms with Gasteiger partial charge in [-0.1, -0.05) is 46.3 Å². The third kappa shape index (κ3) is 1.38. The predicted octanol–water partition coefficient (Wildman–Crippen LogP) is 4.60. The minimum Gasteiger partial charge on any atom is -0.370 e.